The summed E-state index contributed by atoms with van der Waals surface area (Å²) in [4.78, 5) is 23.4. The van der Waals surface area contributed by atoms with Crippen LogP contribution in [-0.4, -0.2) is 28.0 Å². The van der Waals surface area contributed by atoms with Crippen LogP contribution < -0.4 is 5.32 Å². The number of nitrogens with zero attached hydrogens (tertiary/aromatic N) is 1. The fraction of sp³-hybridized carbons (Fsp3) is 0.231. The predicted octanol–water partition coefficient (Wildman–Crippen LogP) is 7.88. The van der Waals surface area contributed by atoms with Gasteiger partial charge >= 0.3 is 16.2 Å². The van der Waals surface area contributed by atoms with Crippen LogP contribution in [0, 0.1) is 6.92 Å². The summed E-state index contributed by atoms with van der Waals surface area (Å²) < 4.78 is 67.9. The van der Waals surface area contributed by atoms with Gasteiger partial charge in [-0.25, -0.2) is 4.79 Å². The Morgan fingerprint density at radius 1 is 1.00 bits per heavy atom. The van der Waals surface area contributed by atoms with Crippen LogP contribution in [0.3, 0.4) is 0 Å². The quantitative estimate of drug-likeness (QED) is 0.159. The lowest BCUT2D eigenvalue weighted by Gasteiger charge is -2.40. The minimum atomic E-state index is -9.75. The van der Waals surface area contributed by atoms with E-state index in [9.17, 15) is 29.0 Å². The van der Waals surface area contributed by atoms with E-state index < -0.39 is 26.6 Å². The molecule has 1 aliphatic rings. The number of Topliss-reactive ketones (excluding diaryl/α,β-unsaturated/α-hetero) is 1. The van der Waals surface area contributed by atoms with Crippen molar-refractivity contribution in [3.05, 3.63) is 87.9 Å². The topological polar surface area (TPSA) is 71.3 Å². The number of carboxylic acid groups (broad SMARTS) is 1. The van der Waals surface area contributed by atoms with Crippen LogP contribution in [0.15, 0.2) is 65.7 Å². The molecule has 0 atom stereocenters. The molecular formula is C26H23F5N2O3S2. The number of halogens is 5. The Morgan fingerprint density at radius 3 is 2.18 bits per heavy atom. The maximum atomic E-state index is 13.4. The molecule has 38 heavy (non-hydrogen) atoms. The number of aromatic nitrogens is 1. The minimum Gasteiger partial charge on any atom is -0.478 e. The van der Waals surface area contributed by atoms with Gasteiger partial charge in [0.25, 0.3) is 0 Å². The van der Waals surface area contributed by atoms with Gasteiger partial charge in [0.1, 0.15) is 4.90 Å². The maximum absolute atomic E-state index is 13.4. The summed E-state index contributed by atoms with van der Waals surface area (Å²) in [6.07, 6.45) is 3.32. The third-order valence-corrected chi connectivity index (χ3v) is 9.02. The lowest BCUT2D eigenvalue weighted by atomic mass is 10.0. The van der Waals surface area contributed by atoms with Crippen LogP contribution in [0.4, 0.5) is 19.4 Å². The van der Waals surface area contributed by atoms with Gasteiger partial charge in [0.2, 0.25) is 0 Å². The number of nitrogens with one attached hydrogen (secondary N) is 1. The summed E-state index contributed by atoms with van der Waals surface area (Å²) in [6, 6.07) is 11.2. The predicted molar refractivity (Wildman–Crippen MR) is 138 cm³/mol. The summed E-state index contributed by atoms with van der Waals surface area (Å²) in [5.74, 6) is -1.17. The number of benzene rings is 2. The zero-order valence-corrected chi connectivity index (χ0v) is 21.7. The van der Waals surface area contributed by atoms with Crippen LogP contribution >= 0.6 is 21.6 Å². The Bertz CT molecular complexity index is 1570. The number of hydrogen-bond acceptors (Lipinski definition) is 4. The highest BCUT2D eigenvalue weighted by Gasteiger charge is 2.65. The van der Waals surface area contributed by atoms with Gasteiger partial charge < -0.3 is 15.0 Å². The van der Waals surface area contributed by atoms with E-state index >= 15 is 0 Å². The number of rotatable bonds is 9. The van der Waals surface area contributed by atoms with Gasteiger partial charge in [0, 0.05) is 23.2 Å². The number of carboxylic acids is 1. The number of aromatic carboxylic acids is 1. The normalized spacial score (nSPS) is 16.7. The van der Waals surface area contributed by atoms with Gasteiger partial charge in [-0.05, 0) is 61.2 Å². The molecule has 5 rings (SSSR count). The Balaban J connectivity index is 1.36. The first-order valence-electron chi connectivity index (χ1n) is 11.6. The summed E-state index contributed by atoms with van der Waals surface area (Å²) in [6.45, 7) is 1.97. The van der Waals surface area contributed by atoms with Crippen molar-refractivity contribution in [3.8, 4) is 0 Å². The summed E-state index contributed by atoms with van der Waals surface area (Å²) >= 11 is 1.42. The molecule has 1 fully saturated rings. The molecule has 0 bridgehead atoms. The summed E-state index contributed by atoms with van der Waals surface area (Å²) in [5, 5.41) is 12.4. The van der Waals surface area contributed by atoms with Crippen molar-refractivity contribution in [3.63, 3.8) is 0 Å². The number of thiophene rings is 1. The molecule has 1 aliphatic carbocycles. The molecule has 4 aromatic rings. The highest BCUT2D eigenvalue weighted by Crippen LogP contribution is 3.02. The summed E-state index contributed by atoms with van der Waals surface area (Å²) in [5.41, 5.74) is 2.22. The third kappa shape index (κ3) is 5.07. The zero-order valence-electron chi connectivity index (χ0n) is 20.0. The molecule has 12 heteroatoms. The second kappa shape index (κ2) is 8.14. The molecule has 2 aromatic carbocycles. The van der Waals surface area contributed by atoms with Crippen LogP contribution in [-0.2, 0) is 12.1 Å². The second-order valence-corrected chi connectivity index (χ2v) is 13.2. The Morgan fingerprint density at radius 2 is 1.63 bits per heavy atom. The van der Waals surface area contributed by atoms with E-state index in [2.05, 4.69) is 5.32 Å². The average Bonchev–Trinajstić information content (AvgIpc) is 3.43. The first-order valence-corrected chi connectivity index (χ1v) is 14.4. The van der Waals surface area contributed by atoms with Gasteiger partial charge in [-0.15, -0.1) is 11.3 Å². The molecule has 1 saturated carbocycles. The highest BCUT2D eigenvalue weighted by molar-refractivity contribution is 8.45. The van der Waals surface area contributed by atoms with Crippen molar-refractivity contribution in [1.29, 1.82) is 0 Å². The molecule has 0 amide bonds. The molecular weight excluding hydrogens is 547 g/mol. The van der Waals surface area contributed by atoms with Crippen molar-refractivity contribution < 1.29 is 34.1 Å². The smallest absolute Gasteiger partial charge is 0.335 e. The van der Waals surface area contributed by atoms with Gasteiger partial charge in [-0.1, -0.05) is 43.7 Å². The molecule has 2 N–H and O–H groups in total. The van der Waals surface area contributed by atoms with Crippen molar-refractivity contribution in [2.45, 2.75) is 36.7 Å². The first-order chi connectivity index (χ1) is 17.6. The minimum absolute atomic E-state index is 0.0388. The van der Waals surface area contributed by atoms with E-state index in [0.29, 0.717) is 28.8 Å². The van der Waals surface area contributed by atoms with Crippen LogP contribution in [0.5, 0.6) is 0 Å². The highest BCUT2D eigenvalue weighted by atomic mass is 32.5. The lowest BCUT2D eigenvalue weighted by molar-refractivity contribution is 0.0696. The molecule has 0 unspecified atom stereocenters. The van der Waals surface area contributed by atoms with Crippen LogP contribution in [0.2, 0.25) is 0 Å². The van der Waals surface area contributed by atoms with Gasteiger partial charge in [-0.3, -0.25) is 4.79 Å². The van der Waals surface area contributed by atoms with E-state index in [4.69, 9.17) is 5.11 Å². The van der Waals surface area contributed by atoms with Gasteiger partial charge in [0.05, 0.1) is 27.9 Å². The Labute approximate surface area is 218 Å². The number of fused-ring (bicyclic) bond motifs is 1. The SMILES string of the molecule is Cc1sc2ccn(Cc3ccc(S(F)(F)(F)(F)F)cc3)c2c1C(=O)CNC1(c2ccc(C(=O)O)cc2)CC1. The Hall–Kier alpha value is -3.22. The van der Waals surface area contributed by atoms with Crippen molar-refractivity contribution in [1.82, 2.24) is 9.88 Å². The number of ketones is 1. The number of hydrogen-bond donors (Lipinski definition) is 2. The van der Waals surface area contributed by atoms with E-state index in [1.165, 1.54) is 23.5 Å². The molecule has 0 spiro atoms. The number of carbonyl (C=O) groups is 2. The molecule has 0 aliphatic heterocycles. The standard InChI is InChI=1S/C26H23F5N2O3S2/c1-16-23(21(34)14-32-26(11-12-26)19-6-4-18(5-7-19)25(35)36)24-22(37-16)10-13-33(24)15-17-2-8-20(9-3-17)38(27,28,29,30)31/h2-10,13,32H,11-12,14-15H2,1H3,(H,35,36). The van der Waals surface area contributed by atoms with Crippen LogP contribution in [0.1, 0.15) is 49.6 Å². The molecule has 5 nitrogen and oxygen atoms in total. The Kier molecular flexibility index (Phi) is 5.65. The van der Waals surface area contributed by atoms with Crippen molar-refractivity contribution >= 4 is 43.5 Å². The van der Waals surface area contributed by atoms with Gasteiger partial charge in [0.15, 0.2) is 5.78 Å². The van der Waals surface area contributed by atoms with Crippen LogP contribution in [0.25, 0.3) is 10.2 Å². The van der Waals surface area contributed by atoms with Crippen molar-refractivity contribution in [2.24, 2.45) is 0 Å². The fourth-order valence-corrected chi connectivity index (χ4v) is 6.39. The molecule has 2 heterocycles. The second-order valence-electron chi connectivity index (χ2n) is 9.54. The van der Waals surface area contributed by atoms with E-state index in [1.54, 1.807) is 22.9 Å². The average molecular weight is 571 g/mol. The molecule has 0 radical (unpaired) electrons. The molecule has 202 valence electrons. The maximum Gasteiger partial charge on any atom is 0.335 e. The van der Waals surface area contributed by atoms with Gasteiger partial charge in [-0.2, -0.15) is 0 Å². The van der Waals surface area contributed by atoms with E-state index in [1.807, 2.05) is 13.0 Å². The monoisotopic (exact) mass is 570 g/mol. The largest absolute Gasteiger partial charge is 0.478 e. The first kappa shape index (κ1) is 26.4. The molecule has 2 aromatic heterocycles. The summed E-state index contributed by atoms with van der Waals surface area (Å²) in [7, 11) is -9.75. The van der Waals surface area contributed by atoms with E-state index in [-0.39, 0.29) is 24.4 Å². The third-order valence-electron chi connectivity index (χ3n) is 6.80. The van der Waals surface area contributed by atoms with E-state index in [0.717, 1.165) is 40.1 Å². The van der Waals surface area contributed by atoms with Crippen molar-refractivity contribution in [2.75, 3.05) is 6.54 Å². The number of aryl methyl sites for hydroxylation is 1. The zero-order chi connectivity index (χ0) is 27.6. The fourth-order valence-electron chi connectivity index (χ4n) is 4.66. The molecule has 0 saturated heterocycles. The number of carbonyl (C=O) groups excluding carboxylic acids is 1. The lowest BCUT2D eigenvalue weighted by Crippen LogP contribution is -2.34.